The van der Waals surface area contributed by atoms with Gasteiger partial charge >= 0.3 is 12.1 Å². The highest BCUT2D eigenvalue weighted by Crippen LogP contribution is 2.33. The average molecular weight is 305 g/mol. The lowest BCUT2D eigenvalue weighted by atomic mass is 9.84. The number of carbonyl (C=O) groups is 2. The van der Waals surface area contributed by atoms with Crippen molar-refractivity contribution in [2.45, 2.75) is 58.7 Å². The molecule has 0 bridgehead atoms. The molecular weight excluding hydrogens is 282 g/mol. The van der Waals surface area contributed by atoms with Crippen LogP contribution in [-0.4, -0.2) is 33.2 Å². The van der Waals surface area contributed by atoms with Gasteiger partial charge in [-0.15, -0.1) is 0 Å². The summed E-state index contributed by atoms with van der Waals surface area (Å²) < 4.78 is 5.47. The summed E-state index contributed by atoms with van der Waals surface area (Å²) in [7, 11) is 0. The van der Waals surface area contributed by atoms with Gasteiger partial charge in [0.1, 0.15) is 5.60 Å². The molecule has 1 amide bonds. The Kier molecular flexibility index (Phi) is 3.94. The average Bonchev–Trinajstić information content (AvgIpc) is 2.33. The molecule has 0 atom stereocenters. The molecule has 0 aliphatic carbocycles. The van der Waals surface area contributed by atoms with E-state index in [1.165, 1.54) is 0 Å². The predicted molar refractivity (Wildman–Crippen MR) is 83.0 cm³/mol. The molecule has 1 heterocycles. The van der Waals surface area contributed by atoms with Crippen LogP contribution in [0.2, 0.25) is 0 Å². The van der Waals surface area contributed by atoms with Crippen molar-refractivity contribution >= 4 is 12.1 Å². The number of hydrogen-bond donors (Lipinski definition) is 1. The number of carbonyl (C=O) groups excluding carboxylic acids is 1. The Balaban J connectivity index is 2.39. The Labute approximate surface area is 130 Å². The summed E-state index contributed by atoms with van der Waals surface area (Å²) in [6, 6.07) is 5.25. The van der Waals surface area contributed by atoms with E-state index in [4.69, 9.17) is 4.74 Å². The third-order valence-corrected chi connectivity index (χ3v) is 3.79. The van der Waals surface area contributed by atoms with Crippen molar-refractivity contribution in [3.63, 3.8) is 0 Å². The smallest absolute Gasteiger partial charge is 0.411 e. The van der Waals surface area contributed by atoms with Crippen LogP contribution in [0.1, 0.15) is 56.1 Å². The molecule has 1 aromatic carbocycles. The zero-order chi connectivity index (χ0) is 16.7. The maximum Gasteiger partial charge on any atom is 0.411 e. The number of aromatic carboxylic acids is 1. The molecule has 0 fully saturated rings. The van der Waals surface area contributed by atoms with E-state index in [9.17, 15) is 14.7 Å². The van der Waals surface area contributed by atoms with Crippen LogP contribution < -0.4 is 0 Å². The molecule has 1 aromatic rings. The fourth-order valence-electron chi connectivity index (χ4n) is 2.75. The minimum atomic E-state index is -0.972. The van der Waals surface area contributed by atoms with Crippen molar-refractivity contribution in [1.29, 1.82) is 0 Å². The molecule has 5 heteroatoms. The molecule has 5 nitrogen and oxygen atoms in total. The van der Waals surface area contributed by atoms with Crippen LogP contribution in [0.25, 0.3) is 0 Å². The van der Waals surface area contributed by atoms with Crippen LogP contribution in [0.3, 0.4) is 0 Å². The SMILES string of the molecule is CC(C)(C)OC(=O)N1Cc2c(cccc2C(=O)O)CC1(C)C. The highest BCUT2D eigenvalue weighted by molar-refractivity contribution is 5.90. The molecule has 0 saturated carbocycles. The number of carboxylic acid groups (broad SMARTS) is 1. The molecule has 0 radical (unpaired) electrons. The lowest BCUT2D eigenvalue weighted by Crippen LogP contribution is -2.53. The molecule has 1 aliphatic heterocycles. The first-order valence-electron chi connectivity index (χ1n) is 7.36. The maximum absolute atomic E-state index is 12.5. The van der Waals surface area contributed by atoms with Crippen molar-refractivity contribution in [1.82, 2.24) is 4.90 Å². The number of amides is 1. The lowest BCUT2D eigenvalue weighted by molar-refractivity contribution is -0.00280. The van der Waals surface area contributed by atoms with Crippen LogP contribution in [0, 0.1) is 0 Å². The van der Waals surface area contributed by atoms with Gasteiger partial charge in [-0.2, -0.15) is 0 Å². The molecule has 22 heavy (non-hydrogen) atoms. The summed E-state index contributed by atoms with van der Waals surface area (Å²) in [5, 5.41) is 9.35. The number of rotatable bonds is 1. The van der Waals surface area contributed by atoms with Crippen LogP contribution in [0.15, 0.2) is 18.2 Å². The van der Waals surface area contributed by atoms with Crippen LogP contribution in [0.4, 0.5) is 4.79 Å². The first-order chi connectivity index (χ1) is 10.0. The standard InChI is InChI=1S/C17H23NO4/c1-16(2,3)22-15(21)18-10-13-11(9-17(18,4)5)7-6-8-12(13)14(19)20/h6-8H,9-10H2,1-5H3,(H,19,20). The van der Waals surface area contributed by atoms with Gasteiger partial charge in [0.2, 0.25) is 0 Å². The minimum absolute atomic E-state index is 0.250. The predicted octanol–water partition coefficient (Wildman–Crippen LogP) is 3.46. The Morgan fingerprint density at radius 3 is 2.45 bits per heavy atom. The molecular formula is C17H23NO4. The van der Waals surface area contributed by atoms with E-state index >= 15 is 0 Å². The van der Waals surface area contributed by atoms with Gasteiger partial charge in [0.15, 0.2) is 0 Å². The van der Waals surface area contributed by atoms with Gasteiger partial charge in [0.05, 0.1) is 12.1 Å². The van der Waals surface area contributed by atoms with Gasteiger partial charge in [-0.3, -0.25) is 4.90 Å². The second-order valence-corrected chi connectivity index (χ2v) is 7.30. The number of benzene rings is 1. The Morgan fingerprint density at radius 2 is 1.91 bits per heavy atom. The minimum Gasteiger partial charge on any atom is -0.478 e. The third-order valence-electron chi connectivity index (χ3n) is 3.79. The lowest BCUT2D eigenvalue weighted by Gasteiger charge is -2.43. The summed E-state index contributed by atoms with van der Waals surface area (Å²) in [5.41, 5.74) is 0.915. The van der Waals surface area contributed by atoms with Crippen molar-refractivity contribution in [2.24, 2.45) is 0 Å². The van der Waals surface area contributed by atoms with Gasteiger partial charge in [-0.1, -0.05) is 12.1 Å². The molecule has 0 saturated heterocycles. The van der Waals surface area contributed by atoms with Crippen molar-refractivity contribution < 1.29 is 19.4 Å². The van der Waals surface area contributed by atoms with Crippen LogP contribution >= 0.6 is 0 Å². The van der Waals surface area contributed by atoms with Gasteiger partial charge < -0.3 is 9.84 Å². The zero-order valence-electron chi connectivity index (χ0n) is 13.8. The molecule has 0 aromatic heterocycles. The molecule has 120 valence electrons. The van der Waals surface area contributed by atoms with E-state index in [1.807, 2.05) is 40.7 Å². The van der Waals surface area contributed by atoms with Crippen LogP contribution in [0.5, 0.6) is 0 Å². The Hall–Kier alpha value is -2.04. The molecule has 2 rings (SSSR count). The largest absolute Gasteiger partial charge is 0.478 e. The zero-order valence-corrected chi connectivity index (χ0v) is 13.8. The highest BCUT2D eigenvalue weighted by atomic mass is 16.6. The van der Waals surface area contributed by atoms with Gasteiger partial charge in [-0.25, -0.2) is 9.59 Å². The van der Waals surface area contributed by atoms with E-state index in [1.54, 1.807) is 17.0 Å². The second-order valence-electron chi connectivity index (χ2n) is 7.30. The van der Waals surface area contributed by atoms with E-state index in [0.717, 1.165) is 5.56 Å². The first kappa shape index (κ1) is 16.3. The first-order valence-corrected chi connectivity index (χ1v) is 7.36. The third kappa shape index (κ3) is 3.24. The quantitative estimate of drug-likeness (QED) is 0.863. The fourth-order valence-corrected chi connectivity index (χ4v) is 2.75. The van der Waals surface area contributed by atoms with Gasteiger partial charge in [-0.05, 0) is 58.2 Å². The number of carboxylic acids is 1. The van der Waals surface area contributed by atoms with E-state index in [2.05, 4.69) is 0 Å². The monoisotopic (exact) mass is 305 g/mol. The number of nitrogens with zero attached hydrogens (tertiary/aromatic N) is 1. The summed E-state index contributed by atoms with van der Waals surface area (Å²) in [5.74, 6) is -0.972. The molecule has 0 spiro atoms. The van der Waals surface area contributed by atoms with E-state index < -0.39 is 23.2 Å². The molecule has 0 unspecified atom stereocenters. The van der Waals surface area contributed by atoms with Crippen LogP contribution in [-0.2, 0) is 17.7 Å². The van der Waals surface area contributed by atoms with Gasteiger partial charge in [0, 0.05) is 5.54 Å². The highest BCUT2D eigenvalue weighted by Gasteiger charge is 2.39. The summed E-state index contributed by atoms with van der Waals surface area (Å²) in [4.78, 5) is 25.5. The van der Waals surface area contributed by atoms with Crippen molar-refractivity contribution in [3.8, 4) is 0 Å². The number of fused-ring (bicyclic) bond motifs is 1. The Bertz CT molecular complexity index is 614. The number of ether oxygens (including phenoxy) is 1. The van der Waals surface area contributed by atoms with Crippen molar-refractivity contribution in [3.05, 3.63) is 34.9 Å². The fraction of sp³-hybridized carbons (Fsp3) is 0.529. The summed E-state index contributed by atoms with van der Waals surface area (Å²) >= 11 is 0. The summed E-state index contributed by atoms with van der Waals surface area (Å²) in [6.07, 6.45) is 0.186. The van der Waals surface area contributed by atoms with E-state index in [0.29, 0.717) is 12.0 Å². The summed E-state index contributed by atoms with van der Waals surface area (Å²) in [6.45, 7) is 9.63. The number of hydrogen-bond acceptors (Lipinski definition) is 3. The topological polar surface area (TPSA) is 66.8 Å². The molecule has 1 N–H and O–H groups in total. The molecule has 1 aliphatic rings. The maximum atomic E-state index is 12.5. The van der Waals surface area contributed by atoms with Crippen molar-refractivity contribution in [2.75, 3.05) is 0 Å². The van der Waals surface area contributed by atoms with E-state index in [-0.39, 0.29) is 12.1 Å². The second kappa shape index (κ2) is 5.30. The van der Waals surface area contributed by atoms with Gasteiger partial charge in [0.25, 0.3) is 0 Å². The Morgan fingerprint density at radius 1 is 1.27 bits per heavy atom. The normalized spacial score (nSPS) is 16.9.